The lowest BCUT2D eigenvalue weighted by atomic mass is 10.1. The summed E-state index contributed by atoms with van der Waals surface area (Å²) in [7, 11) is 0. The number of carbonyl (C=O) groups is 1. The smallest absolute Gasteiger partial charge is 0.228 e. The third kappa shape index (κ3) is 4.69. The maximum atomic E-state index is 12.6. The number of halogens is 1. The second kappa shape index (κ2) is 8.13. The monoisotopic (exact) mass is 421 g/mol. The van der Waals surface area contributed by atoms with Crippen LogP contribution in [0.1, 0.15) is 38.5 Å². The summed E-state index contributed by atoms with van der Waals surface area (Å²) < 4.78 is 1.19. The molecule has 3 heteroatoms. The van der Waals surface area contributed by atoms with Crippen LogP contribution in [0.4, 0.5) is 5.69 Å². The second-order valence-electron chi connectivity index (χ2n) is 6.52. The van der Waals surface area contributed by atoms with Crippen LogP contribution in [0.3, 0.4) is 0 Å². The van der Waals surface area contributed by atoms with Crippen molar-refractivity contribution >= 4 is 34.2 Å². The molecule has 3 unspecified atom stereocenters. The Balaban J connectivity index is 1.60. The molecule has 0 aliphatic heterocycles. The highest BCUT2D eigenvalue weighted by molar-refractivity contribution is 14.1. The molecule has 1 saturated carbocycles. The van der Waals surface area contributed by atoms with Gasteiger partial charge in [0.1, 0.15) is 0 Å². The van der Waals surface area contributed by atoms with Gasteiger partial charge in [-0.3, -0.25) is 4.79 Å². The topological polar surface area (TPSA) is 29.1 Å². The maximum Gasteiger partial charge on any atom is 0.228 e. The molecule has 1 N–H and O–H groups in total. The first kappa shape index (κ1) is 16.7. The Morgan fingerprint density at radius 3 is 1.96 bits per heavy atom. The highest BCUT2D eigenvalue weighted by Gasteiger charge is 2.52. The molecular weight excluding hydrogens is 397 g/mol. The Kier molecular flexibility index (Phi) is 5.92. The number of allylic oxidation sites excluding steroid dienone is 4. The standard InChI is InChI=1S/C20H24INO/c21-15-11-13-16(14-12-15)22-20(23)19-17-9-7-5-3-1-2-4-6-8-10-18(17)19/h3-6,11-14,17-19H,1-2,7-10H2,(H,22,23)/b5-3+,6-4?. The first-order chi connectivity index (χ1) is 11.3. The molecule has 2 aliphatic carbocycles. The van der Waals surface area contributed by atoms with E-state index in [0.717, 1.165) is 44.2 Å². The molecule has 1 fully saturated rings. The van der Waals surface area contributed by atoms with Gasteiger partial charge >= 0.3 is 0 Å². The van der Waals surface area contributed by atoms with Crippen molar-refractivity contribution in [3.05, 3.63) is 52.1 Å². The number of hydrogen-bond acceptors (Lipinski definition) is 1. The fourth-order valence-electron chi connectivity index (χ4n) is 3.62. The van der Waals surface area contributed by atoms with Crippen LogP contribution in [0.25, 0.3) is 0 Å². The van der Waals surface area contributed by atoms with E-state index in [1.54, 1.807) is 0 Å². The van der Waals surface area contributed by atoms with E-state index < -0.39 is 0 Å². The van der Waals surface area contributed by atoms with Crippen LogP contribution in [0.5, 0.6) is 0 Å². The van der Waals surface area contributed by atoms with E-state index in [0.29, 0.717) is 11.8 Å². The summed E-state index contributed by atoms with van der Waals surface area (Å²) in [4.78, 5) is 12.6. The molecule has 0 spiro atoms. The quantitative estimate of drug-likeness (QED) is 0.492. The van der Waals surface area contributed by atoms with Gasteiger partial charge in [-0.1, -0.05) is 24.3 Å². The van der Waals surface area contributed by atoms with Gasteiger partial charge in [0, 0.05) is 15.2 Å². The molecular formula is C20H24INO. The fourth-order valence-corrected chi connectivity index (χ4v) is 3.98. The molecule has 2 nitrogen and oxygen atoms in total. The van der Waals surface area contributed by atoms with Gasteiger partial charge in [-0.2, -0.15) is 0 Å². The lowest BCUT2D eigenvalue weighted by Gasteiger charge is -2.05. The Labute approximate surface area is 152 Å². The summed E-state index contributed by atoms with van der Waals surface area (Å²) in [5, 5.41) is 3.11. The first-order valence-electron chi connectivity index (χ1n) is 8.62. The van der Waals surface area contributed by atoms with Crippen LogP contribution >= 0.6 is 22.6 Å². The molecule has 0 aromatic heterocycles. The molecule has 23 heavy (non-hydrogen) atoms. The summed E-state index contributed by atoms with van der Waals surface area (Å²) in [6, 6.07) is 8.03. The van der Waals surface area contributed by atoms with Gasteiger partial charge in [0.15, 0.2) is 0 Å². The molecule has 0 bridgehead atoms. The number of nitrogens with one attached hydrogen (secondary N) is 1. The number of fused-ring (bicyclic) bond motifs is 1. The van der Waals surface area contributed by atoms with E-state index in [-0.39, 0.29) is 11.8 Å². The van der Waals surface area contributed by atoms with Crippen LogP contribution in [-0.2, 0) is 4.79 Å². The molecule has 3 rings (SSSR count). The summed E-state index contributed by atoms with van der Waals surface area (Å²) >= 11 is 2.28. The van der Waals surface area contributed by atoms with Crippen molar-refractivity contribution in [1.29, 1.82) is 0 Å². The minimum atomic E-state index is 0.205. The molecule has 0 heterocycles. The predicted molar refractivity (Wildman–Crippen MR) is 104 cm³/mol. The Morgan fingerprint density at radius 1 is 0.870 bits per heavy atom. The van der Waals surface area contributed by atoms with Crippen molar-refractivity contribution in [2.45, 2.75) is 38.5 Å². The van der Waals surface area contributed by atoms with Crippen LogP contribution in [-0.4, -0.2) is 5.91 Å². The molecule has 122 valence electrons. The van der Waals surface area contributed by atoms with Crippen LogP contribution in [0, 0.1) is 21.3 Å². The Morgan fingerprint density at radius 2 is 1.39 bits per heavy atom. The molecule has 2 aliphatic rings. The summed E-state index contributed by atoms with van der Waals surface area (Å²) in [5.41, 5.74) is 0.914. The highest BCUT2D eigenvalue weighted by atomic mass is 127. The van der Waals surface area contributed by atoms with Crippen molar-refractivity contribution in [3.8, 4) is 0 Å². The number of carbonyl (C=O) groups excluding carboxylic acids is 1. The van der Waals surface area contributed by atoms with Gasteiger partial charge in [0.25, 0.3) is 0 Å². The molecule has 3 atom stereocenters. The second-order valence-corrected chi connectivity index (χ2v) is 7.77. The van der Waals surface area contributed by atoms with Gasteiger partial charge in [0.2, 0.25) is 5.91 Å². The number of benzene rings is 1. The third-order valence-corrected chi connectivity index (χ3v) is 5.63. The summed E-state index contributed by atoms with van der Waals surface area (Å²) in [6.07, 6.45) is 15.9. The average Bonchev–Trinajstić information content (AvgIpc) is 3.22. The zero-order valence-electron chi connectivity index (χ0n) is 13.4. The van der Waals surface area contributed by atoms with E-state index in [4.69, 9.17) is 0 Å². The normalized spacial score (nSPS) is 28.8. The first-order valence-corrected chi connectivity index (χ1v) is 9.70. The zero-order chi connectivity index (χ0) is 16.1. The Bertz CT molecular complexity index is 566. The van der Waals surface area contributed by atoms with E-state index in [2.05, 4.69) is 52.2 Å². The van der Waals surface area contributed by atoms with Crippen molar-refractivity contribution < 1.29 is 4.79 Å². The minimum absolute atomic E-state index is 0.205. The number of amides is 1. The predicted octanol–water partition coefficient (Wildman–Crippen LogP) is 5.56. The highest BCUT2D eigenvalue weighted by Crippen LogP contribution is 2.52. The van der Waals surface area contributed by atoms with E-state index in [1.165, 1.54) is 3.57 Å². The number of rotatable bonds is 2. The largest absolute Gasteiger partial charge is 0.326 e. The molecule has 1 aromatic carbocycles. The van der Waals surface area contributed by atoms with Gasteiger partial charge in [-0.05, 0) is 97.2 Å². The van der Waals surface area contributed by atoms with Crippen molar-refractivity contribution in [2.24, 2.45) is 17.8 Å². The zero-order valence-corrected chi connectivity index (χ0v) is 15.5. The maximum absolute atomic E-state index is 12.6. The van der Waals surface area contributed by atoms with Crippen molar-refractivity contribution in [3.63, 3.8) is 0 Å². The van der Waals surface area contributed by atoms with Crippen LogP contribution in [0.2, 0.25) is 0 Å². The average molecular weight is 421 g/mol. The van der Waals surface area contributed by atoms with E-state index >= 15 is 0 Å². The lowest BCUT2D eigenvalue weighted by molar-refractivity contribution is -0.117. The molecule has 0 saturated heterocycles. The number of anilines is 1. The van der Waals surface area contributed by atoms with Gasteiger partial charge in [-0.25, -0.2) is 0 Å². The van der Waals surface area contributed by atoms with Crippen LogP contribution in [0.15, 0.2) is 48.6 Å². The van der Waals surface area contributed by atoms with E-state index in [1.807, 2.05) is 24.3 Å². The molecule has 1 aromatic rings. The van der Waals surface area contributed by atoms with Gasteiger partial charge in [0.05, 0.1) is 0 Å². The summed E-state index contributed by atoms with van der Waals surface area (Å²) in [5.74, 6) is 1.55. The van der Waals surface area contributed by atoms with Crippen molar-refractivity contribution in [1.82, 2.24) is 0 Å². The third-order valence-electron chi connectivity index (χ3n) is 4.91. The summed E-state index contributed by atoms with van der Waals surface area (Å²) in [6.45, 7) is 0. The Hall–Kier alpha value is -1.10. The minimum Gasteiger partial charge on any atom is -0.326 e. The van der Waals surface area contributed by atoms with Gasteiger partial charge in [-0.15, -0.1) is 0 Å². The fraction of sp³-hybridized carbons (Fsp3) is 0.450. The molecule has 1 amide bonds. The van der Waals surface area contributed by atoms with Gasteiger partial charge < -0.3 is 5.32 Å². The van der Waals surface area contributed by atoms with Crippen LogP contribution < -0.4 is 5.32 Å². The molecule has 0 radical (unpaired) electrons. The van der Waals surface area contributed by atoms with Crippen molar-refractivity contribution in [2.75, 3.05) is 5.32 Å². The lowest BCUT2D eigenvalue weighted by Crippen LogP contribution is -2.15. The van der Waals surface area contributed by atoms with E-state index in [9.17, 15) is 4.79 Å². The number of hydrogen-bond donors (Lipinski definition) is 1. The SMILES string of the molecule is O=C(Nc1ccc(I)cc1)C1C2CCC=CCC/C=C/CCC21.